The van der Waals surface area contributed by atoms with Crippen molar-refractivity contribution in [1.29, 1.82) is 0 Å². The van der Waals surface area contributed by atoms with Crippen molar-refractivity contribution < 1.29 is 9.90 Å². The molecule has 1 aliphatic rings. The van der Waals surface area contributed by atoms with E-state index in [4.69, 9.17) is 5.11 Å². The van der Waals surface area contributed by atoms with E-state index in [0.29, 0.717) is 12.3 Å². The molecule has 0 saturated carbocycles. The highest BCUT2D eigenvalue weighted by atomic mass is 16.4. The van der Waals surface area contributed by atoms with Gasteiger partial charge in [0, 0.05) is 6.42 Å². The van der Waals surface area contributed by atoms with E-state index < -0.39 is 12.0 Å². The molecule has 0 amide bonds. The van der Waals surface area contributed by atoms with Crippen LogP contribution in [0.15, 0.2) is 6.33 Å². The standard InChI is InChI=1S/C10H15N3O2/c1-5(2)8-9-6(11-4-12-9)3-7(13-8)10(14)15/h4-5,7-8,13H,3H2,1-2H3,(H,11,12)(H,14,15)/t7-,8-/m0/s1. The van der Waals surface area contributed by atoms with Gasteiger partial charge in [-0.1, -0.05) is 13.8 Å². The second-order valence-electron chi connectivity index (χ2n) is 4.25. The van der Waals surface area contributed by atoms with E-state index in [2.05, 4.69) is 29.1 Å². The third kappa shape index (κ3) is 1.74. The van der Waals surface area contributed by atoms with Gasteiger partial charge in [0.1, 0.15) is 6.04 Å². The molecule has 82 valence electrons. The van der Waals surface area contributed by atoms with E-state index in [1.165, 1.54) is 0 Å². The van der Waals surface area contributed by atoms with Crippen molar-refractivity contribution in [3.8, 4) is 0 Å². The Kier molecular flexibility index (Phi) is 2.48. The van der Waals surface area contributed by atoms with Crippen LogP contribution in [0.2, 0.25) is 0 Å². The number of carboxylic acid groups (broad SMARTS) is 1. The largest absolute Gasteiger partial charge is 0.480 e. The summed E-state index contributed by atoms with van der Waals surface area (Å²) in [6.45, 7) is 4.12. The summed E-state index contributed by atoms with van der Waals surface area (Å²) in [6, 6.07) is -0.467. The fourth-order valence-electron chi connectivity index (χ4n) is 2.00. The first kappa shape index (κ1) is 10.2. The molecule has 5 heteroatoms. The van der Waals surface area contributed by atoms with Gasteiger partial charge in [-0.05, 0) is 5.92 Å². The highest BCUT2D eigenvalue weighted by molar-refractivity contribution is 5.74. The first-order chi connectivity index (χ1) is 7.09. The van der Waals surface area contributed by atoms with Crippen LogP contribution in [0.1, 0.15) is 31.3 Å². The molecule has 1 aromatic heterocycles. The number of hydrogen-bond acceptors (Lipinski definition) is 3. The van der Waals surface area contributed by atoms with Crippen molar-refractivity contribution in [3.05, 3.63) is 17.7 Å². The van der Waals surface area contributed by atoms with Gasteiger partial charge in [-0.2, -0.15) is 0 Å². The molecule has 15 heavy (non-hydrogen) atoms. The molecule has 1 aromatic rings. The summed E-state index contributed by atoms with van der Waals surface area (Å²) in [5.74, 6) is -0.472. The molecule has 0 bridgehead atoms. The van der Waals surface area contributed by atoms with E-state index in [1.54, 1.807) is 6.33 Å². The van der Waals surface area contributed by atoms with Crippen LogP contribution in [0.3, 0.4) is 0 Å². The summed E-state index contributed by atoms with van der Waals surface area (Å²) >= 11 is 0. The number of nitrogens with one attached hydrogen (secondary N) is 2. The fraction of sp³-hybridized carbons (Fsp3) is 0.600. The Labute approximate surface area is 87.9 Å². The van der Waals surface area contributed by atoms with Crippen molar-refractivity contribution >= 4 is 5.97 Å². The van der Waals surface area contributed by atoms with E-state index in [-0.39, 0.29) is 6.04 Å². The average Bonchev–Trinajstić information content (AvgIpc) is 2.62. The smallest absolute Gasteiger partial charge is 0.321 e. The molecule has 0 spiro atoms. The highest BCUT2D eigenvalue weighted by Gasteiger charge is 2.33. The quantitative estimate of drug-likeness (QED) is 0.670. The van der Waals surface area contributed by atoms with Gasteiger partial charge in [0.25, 0.3) is 0 Å². The third-order valence-corrected chi connectivity index (χ3v) is 2.81. The zero-order valence-electron chi connectivity index (χ0n) is 8.82. The van der Waals surface area contributed by atoms with E-state index in [1.807, 2.05) is 0 Å². The third-order valence-electron chi connectivity index (χ3n) is 2.81. The number of carboxylic acids is 1. The Balaban J connectivity index is 2.31. The highest BCUT2D eigenvalue weighted by Crippen LogP contribution is 2.27. The van der Waals surface area contributed by atoms with Crippen LogP contribution in [-0.2, 0) is 11.2 Å². The first-order valence-corrected chi connectivity index (χ1v) is 5.10. The van der Waals surface area contributed by atoms with Crippen molar-refractivity contribution in [2.24, 2.45) is 5.92 Å². The molecule has 2 atom stereocenters. The first-order valence-electron chi connectivity index (χ1n) is 5.10. The summed E-state index contributed by atoms with van der Waals surface area (Å²) in [6.07, 6.45) is 2.09. The summed E-state index contributed by atoms with van der Waals surface area (Å²) in [7, 11) is 0. The van der Waals surface area contributed by atoms with Crippen LogP contribution in [0.4, 0.5) is 0 Å². The van der Waals surface area contributed by atoms with Gasteiger partial charge >= 0.3 is 5.97 Å². The number of carbonyl (C=O) groups is 1. The van der Waals surface area contributed by atoms with Gasteiger partial charge in [0.15, 0.2) is 0 Å². The molecular weight excluding hydrogens is 194 g/mol. The fourth-order valence-corrected chi connectivity index (χ4v) is 2.00. The minimum Gasteiger partial charge on any atom is -0.480 e. The lowest BCUT2D eigenvalue weighted by atomic mass is 9.92. The van der Waals surface area contributed by atoms with E-state index in [0.717, 1.165) is 11.4 Å². The van der Waals surface area contributed by atoms with E-state index in [9.17, 15) is 4.79 Å². The SMILES string of the molecule is CC(C)[C@@H]1N[C@H](C(=O)O)Cc2nc[nH]c21. The molecule has 2 heterocycles. The number of H-pyrrole nitrogens is 1. The number of aliphatic carboxylic acids is 1. The molecule has 0 unspecified atom stereocenters. The van der Waals surface area contributed by atoms with Crippen LogP contribution >= 0.6 is 0 Å². The maximum Gasteiger partial charge on any atom is 0.321 e. The van der Waals surface area contributed by atoms with Crippen LogP contribution < -0.4 is 5.32 Å². The second-order valence-corrected chi connectivity index (χ2v) is 4.25. The van der Waals surface area contributed by atoms with Crippen LogP contribution in [-0.4, -0.2) is 27.1 Å². The predicted octanol–water partition coefficient (Wildman–Crippen LogP) is 0.706. The van der Waals surface area contributed by atoms with Gasteiger partial charge < -0.3 is 10.1 Å². The Morgan fingerprint density at radius 1 is 1.67 bits per heavy atom. The zero-order valence-corrected chi connectivity index (χ0v) is 8.82. The molecule has 0 fully saturated rings. The molecule has 0 saturated heterocycles. The molecule has 5 nitrogen and oxygen atoms in total. The summed E-state index contributed by atoms with van der Waals surface area (Å²) < 4.78 is 0. The second kappa shape index (κ2) is 3.66. The van der Waals surface area contributed by atoms with Crippen molar-refractivity contribution in [1.82, 2.24) is 15.3 Å². The molecular formula is C10H15N3O2. The summed E-state index contributed by atoms with van der Waals surface area (Å²) in [5.41, 5.74) is 1.90. The number of fused-ring (bicyclic) bond motifs is 1. The number of aromatic amines is 1. The molecule has 1 aliphatic heterocycles. The number of nitrogens with zero attached hydrogens (tertiary/aromatic N) is 1. The zero-order chi connectivity index (χ0) is 11.0. The van der Waals surface area contributed by atoms with Crippen molar-refractivity contribution in [2.45, 2.75) is 32.4 Å². The van der Waals surface area contributed by atoms with Gasteiger partial charge in [0.2, 0.25) is 0 Å². The van der Waals surface area contributed by atoms with Crippen molar-refractivity contribution in [2.75, 3.05) is 0 Å². The monoisotopic (exact) mass is 209 g/mol. The average molecular weight is 209 g/mol. The number of hydrogen-bond donors (Lipinski definition) is 3. The lowest BCUT2D eigenvalue weighted by Gasteiger charge is -2.30. The molecule has 0 radical (unpaired) electrons. The summed E-state index contributed by atoms with van der Waals surface area (Å²) in [4.78, 5) is 18.2. The van der Waals surface area contributed by atoms with E-state index >= 15 is 0 Å². The van der Waals surface area contributed by atoms with Crippen LogP contribution in [0.25, 0.3) is 0 Å². The van der Waals surface area contributed by atoms with Gasteiger partial charge in [0.05, 0.1) is 23.8 Å². The summed E-state index contributed by atoms with van der Waals surface area (Å²) in [5, 5.41) is 12.1. The maximum absolute atomic E-state index is 11.0. The Bertz CT molecular complexity index is 372. The minimum atomic E-state index is -0.811. The topological polar surface area (TPSA) is 78.0 Å². The number of rotatable bonds is 2. The number of aromatic nitrogens is 2. The van der Waals surface area contributed by atoms with Crippen molar-refractivity contribution in [3.63, 3.8) is 0 Å². The van der Waals surface area contributed by atoms with Crippen LogP contribution in [0, 0.1) is 5.92 Å². The molecule has 2 rings (SSSR count). The normalized spacial score (nSPS) is 25.3. The Morgan fingerprint density at radius 3 is 3.00 bits per heavy atom. The number of imidazole rings is 1. The molecule has 0 aromatic carbocycles. The Hall–Kier alpha value is -1.36. The lowest BCUT2D eigenvalue weighted by Crippen LogP contribution is -2.46. The lowest BCUT2D eigenvalue weighted by molar-refractivity contribution is -0.140. The molecule has 3 N–H and O–H groups in total. The maximum atomic E-state index is 11.0. The molecule has 0 aliphatic carbocycles. The minimum absolute atomic E-state index is 0.0531. The van der Waals surface area contributed by atoms with Gasteiger partial charge in [-0.3, -0.25) is 10.1 Å². The van der Waals surface area contributed by atoms with Crippen LogP contribution in [0.5, 0.6) is 0 Å². The Morgan fingerprint density at radius 2 is 2.40 bits per heavy atom. The van der Waals surface area contributed by atoms with Gasteiger partial charge in [-0.15, -0.1) is 0 Å². The van der Waals surface area contributed by atoms with Gasteiger partial charge in [-0.25, -0.2) is 4.98 Å². The predicted molar refractivity (Wildman–Crippen MR) is 54.4 cm³/mol.